The normalized spacial score (nSPS) is 28.1. The zero-order valence-corrected chi connectivity index (χ0v) is 15.9. The van der Waals surface area contributed by atoms with Gasteiger partial charge in [-0.15, -0.1) is 0 Å². The van der Waals surface area contributed by atoms with Crippen molar-refractivity contribution in [3.8, 4) is 17.6 Å². The van der Waals surface area contributed by atoms with E-state index in [1.54, 1.807) is 18.2 Å². The van der Waals surface area contributed by atoms with Gasteiger partial charge in [-0.25, -0.2) is 4.90 Å². The van der Waals surface area contributed by atoms with Gasteiger partial charge in [0.25, 0.3) is 0 Å². The molecule has 4 atom stereocenters. The molecular weight excluding hydrogens is 382 g/mol. The highest BCUT2D eigenvalue weighted by Gasteiger charge is 2.63. The first-order valence-electron chi connectivity index (χ1n) is 9.90. The van der Waals surface area contributed by atoms with E-state index in [-0.39, 0.29) is 17.9 Å². The molecule has 7 heteroatoms. The highest BCUT2D eigenvalue weighted by Crippen LogP contribution is 2.53. The van der Waals surface area contributed by atoms with Gasteiger partial charge >= 0.3 is 0 Å². The third-order valence-corrected chi connectivity index (χ3v) is 6.38. The van der Waals surface area contributed by atoms with Gasteiger partial charge in [-0.05, 0) is 29.3 Å². The number of nitrogens with zero attached hydrogens (tertiary/aromatic N) is 3. The van der Waals surface area contributed by atoms with Crippen LogP contribution in [0, 0.1) is 23.2 Å². The van der Waals surface area contributed by atoms with Gasteiger partial charge in [-0.3, -0.25) is 9.59 Å². The predicted octanol–water partition coefficient (Wildman–Crippen LogP) is 2.50. The Kier molecular flexibility index (Phi) is 3.48. The summed E-state index contributed by atoms with van der Waals surface area (Å²) in [7, 11) is 0. The zero-order chi connectivity index (χ0) is 20.4. The summed E-state index contributed by atoms with van der Waals surface area (Å²) in [6.07, 6.45) is 3.78. The highest BCUT2D eigenvalue weighted by atomic mass is 16.6. The molecule has 30 heavy (non-hydrogen) atoms. The highest BCUT2D eigenvalue weighted by molar-refractivity contribution is 6.23. The van der Waals surface area contributed by atoms with Crippen molar-refractivity contribution in [2.24, 2.45) is 11.8 Å². The van der Waals surface area contributed by atoms with Crippen LogP contribution in [0.5, 0.6) is 11.5 Å². The number of hydrogen-bond acceptors (Lipinski definition) is 6. The topological polar surface area (TPSA) is 82.9 Å². The molecule has 0 aliphatic carbocycles. The second-order valence-electron chi connectivity index (χ2n) is 7.80. The molecule has 0 bridgehead atoms. The van der Waals surface area contributed by atoms with Gasteiger partial charge in [0.15, 0.2) is 11.5 Å². The Hall–Kier alpha value is -3.79. The molecule has 2 fully saturated rings. The van der Waals surface area contributed by atoms with Crippen molar-refractivity contribution in [2.45, 2.75) is 12.1 Å². The Morgan fingerprint density at radius 2 is 1.73 bits per heavy atom. The Morgan fingerprint density at radius 3 is 2.57 bits per heavy atom. The maximum absolute atomic E-state index is 13.6. The molecule has 2 aromatic rings. The van der Waals surface area contributed by atoms with E-state index in [0.717, 1.165) is 11.1 Å². The molecule has 4 aliphatic rings. The molecule has 0 spiro atoms. The molecule has 2 amide bonds. The standard InChI is InChI=1S/C23H17N3O4/c24-12-16-19-20(21-15-4-2-1-3-13(15)7-8-25(16)21)23(28)26(22(19)27)14-5-6-17-18(11-14)30-10-9-29-17/h1-8,11,16,19-21H,9-10H2/t16-,19+,20+,21+/m1/s1. The van der Waals surface area contributed by atoms with Crippen LogP contribution in [0.3, 0.4) is 0 Å². The summed E-state index contributed by atoms with van der Waals surface area (Å²) in [4.78, 5) is 30.1. The van der Waals surface area contributed by atoms with Crippen molar-refractivity contribution in [1.29, 1.82) is 5.26 Å². The Morgan fingerprint density at radius 1 is 0.967 bits per heavy atom. The number of nitriles is 1. The van der Waals surface area contributed by atoms with Gasteiger partial charge < -0.3 is 14.4 Å². The van der Waals surface area contributed by atoms with E-state index in [4.69, 9.17) is 9.47 Å². The first-order chi connectivity index (χ1) is 14.7. The lowest BCUT2D eigenvalue weighted by atomic mass is 9.85. The van der Waals surface area contributed by atoms with Crippen molar-refractivity contribution in [2.75, 3.05) is 18.1 Å². The number of imide groups is 1. The zero-order valence-electron chi connectivity index (χ0n) is 15.9. The molecule has 0 saturated carbocycles. The number of rotatable bonds is 1. The van der Waals surface area contributed by atoms with E-state index in [0.29, 0.717) is 30.4 Å². The van der Waals surface area contributed by atoms with Crippen LogP contribution in [-0.4, -0.2) is 36.0 Å². The number of benzene rings is 2. The molecule has 4 aliphatic heterocycles. The molecule has 2 aromatic carbocycles. The van der Waals surface area contributed by atoms with E-state index in [1.165, 1.54) is 4.90 Å². The summed E-state index contributed by atoms with van der Waals surface area (Å²) in [6, 6.07) is 14.1. The summed E-state index contributed by atoms with van der Waals surface area (Å²) < 4.78 is 11.2. The largest absolute Gasteiger partial charge is 0.486 e. The molecule has 0 radical (unpaired) electrons. The SMILES string of the molecule is N#C[C@@H]1[C@@H]2C(=O)N(c3ccc4c(c3)OCCO4)C(=O)[C@@H]2[C@@H]2c3ccccc3C=CN12. The van der Waals surface area contributed by atoms with Crippen LogP contribution >= 0.6 is 0 Å². The number of carbonyl (C=O) groups excluding carboxylic acids is 2. The summed E-state index contributed by atoms with van der Waals surface area (Å²) >= 11 is 0. The first-order valence-corrected chi connectivity index (χ1v) is 9.90. The van der Waals surface area contributed by atoms with E-state index >= 15 is 0 Å². The molecule has 0 unspecified atom stereocenters. The maximum Gasteiger partial charge on any atom is 0.240 e. The maximum atomic E-state index is 13.6. The van der Waals surface area contributed by atoms with E-state index in [1.807, 2.05) is 41.4 Å². The fraction of sp³-hybridized carbons (Fsp3) is 0.261. The van der Waals surface area contributed by atoms with Crippen LogP contribution < -0.4 is 14.4 Å². The lowest BCUT2D eigenvalue weighted by Gasteiger charge is -2.33. The number of carbonyl (C=O) groups is 2. The number of ether oxygens (including phenoxy) is 2. The van der Waals surface area contributed by atoms with Gasteiger partial charge in [0.2, 0.25) is 11.8 Å². The molecule has 2 saturated heterocycles. The molecule has 0 N–H and O–H groups in total. The number of anilines is 1. The second-order valence-corrected chi connectivity index (χ2v) is 7.80. The fourth-order valence-corrected chi connectivity index (χ4v) is 5.13. The Labute approximate surface area is 172 Å². The van der Waals surface area contributed by atoms with Crippen LogP contribution in [0.25, 0.3) is 6.08 Å². The summed E-state index contributed by atoms with van der Waals surface area (Å²) in [6.45, 7) is 0.882. The van der Waals surface area contributed by atoms with E-state index < -0.39 is 17.9 Å². The summed E-state index contributed by atoms with van der Waals surface area (Å²) in [5, 5.41) is 9.87. The molecule has 7 nitrogen and oxygen atoms in total. The summed E-state index contributed by atoms with van der Waals surface area (Å²) in [5.74, 6) is -0.830. The number of fused-ring (bicyclic) bond motifs is 6. The molecule has 6 rings (SSSR count). The monoisotopic (exact) mass is 399 g/mol. The van der Waals surface area contributed by atoms with Crippen LogP contribution in [0.4, 0.5) is 5.69 Å². The first kappa shape index (κ1) is 17.1. The molecular formula is C23H17N3O4. The number of hydrogen-bond donors (Lipinski definition) is 0. The van der Waals surface area contributed by atoms with Gasteiger partial charge in [-0.1, -0.05) is 24.3 Å². The van der Waals surface area contributed by atoms with Crippen LogP contribution in [0.15, 0.2) is 48.7 Å². The Bertz CT molecular complexity index is 1170. The lowest BCUT2D eigenvalue weighted by Crippen LogP contribution is -2.40. The minimum Gasteiger partial charge on any atom is -0.486 e. The van der Waals surface area contributed by atoms with Gasteiger partial charge in [0.1, 0.15) is 19.3 Å². The average Bonchev–Trinajstić information content (AvgIpc) is 3.25. The van der Waals surface area contributed by atoms with Gasteiger partial charge in [0, 0.05) is 12.3 Å². The Balaban J connectivity index is 1.44. The van der Waals surface area contributed by atoms with Crippen molar-refractivity contribution in [3.63, 3.8) is 0 Å². The van der Waals surface area contributed by atoms with E-state index in [2.05, 4.69) is 6.07 Å². The van der Waals surface area contributed by atoms with Gasteiger partial charge in [-0.2, -0.15) is 5.26 Å². The third kappa shape index (κ3) is 2.13. The van der Waals surface area contributed by atoms with Crippen LogP contribution in [0.2, 0.25) is 0 Å². The molecule has 0 aromatic heterocycles. The second kappa shape index (κ2) is 6.10. The molecule has 148 valence electrons. The summed E-state index contributed by atoms with van der Waals surface area (Å²) in [5.41, 5.74) is 2.43. The van der Waals surface area contributed by atoms with Crippen molar-refractivity contribution in [1.82, 2.24) is 4.90 Å². The van der Waals surface area contributed by atoms with E-state index in [9.17, 15) is 14.9 Å². The van der Waals surface area contributed by atoms with Crippen LogP contribution in [-0.2, 0) is 9.59 Å². The van der Waals surface area contributed by atoms with Gasteiger partial charge in [0.05, 0.1) is 29.6 Å². The minimum atomic E-state index is -0.712. The van der Waals surface area contributed by atoms with Crippen molar-refractivity contribution >= 4 is 23.6 Å². The van der Waals surface area contributed by atoms with Crippen LogP contribution in [0.1, 0.15) is 17.2 Å². The fourth-order valence-electron chi connectivity index (χ4n) is 5.13. The van der Waals surface area contributed by atoms with Crippen molar-refractivity contribution < 1.29 is 19.1 Å². The lowest BCUT2D eigenvalue weighted by molar-refractivity contribution is -0.123. The molecule has 4 heterocycles. The average molecular weight is 399 g/mol. The quantitative estimate of drug-likeness (QED) is 0.686. The smallest absolute Gasteiger partial charge is 0.240 e. The minimum absolute atomic E-state index is 0.278. The third-order valence-electron chi connectivity index (χ3n) is 6.38. The van der Waals surface area contributed by atoms with Crippen molar-refractivity contribution in [3.05, 3.63) is 59.8 Å². The predicted molar refractivity (Wildman–Crippen MR) is 106 cm³/mol. The number of amides is 2.